The highest BCUT2D eigenvalue weighted by molar-refractivity contribution is 7.99. The van der Waals surface area contributed by atoms with E-state index in [9.17, 15) is 4.79 Å². The fourth-order valence-electron chi connectivity index (χ4n) is 3.37. The average Bonchev–Trinajstić information content (AvgIpc) is 3.14. The first-order valence-corrected chi connectivity index (χ1v) is 11.3. The monoisotopic (exact) mass is 439 g/mol. The molecule has 1 N–H and O–H groups in total. The number of nitrogens with one attached hydrogen (secondary N) is 1. The maximum atomic E-state index is 12.5. The topological polar surface area (TPSA) is 72.3 Å². The van der Waals surface area contributed by atoms with E-state index in [4.69, 9.17) is 4.74 Å². The van der Waals surface area contributed by atoms with Gasteiger partial charge in [0.25, 0.3) is 0 Å². The molecule has 0 bridgehead atoms. The van der Waals surface area contributed by atoms with Crippen LogP contribution >= 0.6 is 11.8 Å². The predicted molar refractivity (Wildman–Crippen MR) is 127 cm³/mol. The zero-order valence-corrected chi connectivity index (χ0v) is 19.4. The third kappa shape index (κ3) is 5.58. The largest absolute Gasteiger partial charge is 0.497 e. The van der Waals surface area contributed by atoms with E-state index in [0.29, 0.717) is 11.2 Å². The van der Waals surface area contributed by atoms with Crippen LogP contribution < -0.4 is 15.0 Å². The van der Waals surface area contributed by atoms with Crippen molar-refractivity contribution in [1.82, 2.24) is 14.8 Å². The van der Waals surface area contributed by atoms with E-state index >= 15 is 0 Å². The fourth-order valence-corrected chi connectivity index (χ4v) is 4.17. The predicted octanol–water partition coefficient (Wildman–Crippen LogP) is 4.55. The highest BCUT2D eigenvalue weighted by atomic mass is 32.2. The molecule has 0 aliphatic heterocycles. The summed E-state index contributed by atoms with van der Waals surface area (Å²) in [5.41, 5.74) is 2.85. The number of hydrogen-bond donors (Lipinski definition) is 1. The molecule has 0 saturated carbocycles. The fraction of sp³-hybridized carbons (Fsp3) is 0.348. The lowest BCUT2D eigenvalue weighted by molar-refractivity contribution is -0.113. The normalized spacial score (nSPS) is 10.9. The molecular weight excluding hydrogens is 410 g/mol. The summed E-state index contributed by atoms with van der Waals surface area (Å²) >= 11 is 1.35. The standard InChI is InChI=1S/C23H29N5O2S/c1-6-27(16(2)3)19-9-7-18(8-10-19)24-22(29)15-31-23-26-25-17(4)28(23)20-11-13-21(30-5)14-12-20/h7-14,16H,6,15H2,1-5H3,(H,24,29). The van der Waals surface area contributed by atoms with Crippen molar-refractivity contribution in [3.05, 3.63) is 54.4 Å². The SMILES string of the molecule is CCN(c1ccc(NC(=O)CSc2nnc(C)n2-c2ccc(OC)cc2)cc1)C(C)C. The van der Waals surface area contributed by atoms with Gasteiger partial charge in [0.15, 0.2) is 5.16 Å². The Balaban J connectivity index is 1.62. The summed E-state index contributed by atoms with van der Waals surface area (Å²) < 4.78 is 7.15. The molecule has 164 valence electrons. The Hall–Kier alpha value is -3.00. The van der Waals surface area contributed by atoms with Gasteiger partial charge in [-0.2, -0.15) is 0 Å². The molecule has 0 saturated heterocycles. The second kappa shape index (κ2) is 10.3. The first-order chi connectivity index (χ1) is 14.9. The summed E-state index contributed by atoms with van der Waals surface area (Å²) in [6.07, 6.45) is 0. The number of carbonyl (C=O) groups is 1. The van der Waals surface area contributed by atoms with Crippen LogP contribution in [-0.2, 0) is 4.79 Å². The number of hydrogen-bond acceptors (Lipinski definition) is 6. The minimum absolute atomic E-state index is 0.0871. The van der Waals surface area contributed by atoms with Gasteiger partial charge in [0.2, 0.25) is 5.91 Å². The van der Waals surface area contributed by atoms with Crippen LogP contribution in [0.2, 0.25) is 0 Å². The van der Waals surface area contributed by atoms with Crippen LogP contribution in [0.5, 0.6) is 5.75 Å². The summed E-state index contributed by atoms with van der Waals surface area (Å²) in [5, 5.41) is 12.0. The molecule has 0 spiro atoms. The summed E-state index contributed by atoms with van der Waals surface area (Å²) in [4.78, 5) is 14.8. The number of benzene rings is 2. The van der Waals surface area contributed by atoms with E-state index in [1.54, 1.807) is 7.11 Å². The third-order valence-corrected chi connectivity index (χ3v) is 5.83. The van der Waals surface area contributed by atoms with Gasteiger partial charge < -0.3 is 15.0 Å². The van der Waals surface area contributed by atoms with E-state index in [0.717, 1.165) is 35.2 Å². The number of methoxy groups -OCH3 is 1. The maximum Gasteiger partial charge on any atom is 0.234 e. The van der Waals surface area contributed by atoms with Crippen molar-refractivity contribution in [2.75, 3.05) is 29.6 Å². The molecule has 31 heavy (non-hydrogen) atoms. The van der Waals surface area contributed by atoms with Gasteiger partial charge in [0.1, 0.15) is 11.6 Å². The van der Waals surface area contributed by atoms with Gasteiger partial charge in [0.05, 0.1) is 12.9 Å². The molecule has 0 aliphatic carbocycles. The van der Waals surface area contributed by atoms with Gasteiger partial charge in [0, 0.05) is 29.6 Å². The number of amides is 1. The highest BCUT2D eigenvalue weighted by Gasteiger charge is 2.14. The smallest absolute Gasteiger partial charge is 0.234 e. The zero-order valence-electron chi connectivity index (χ0n) is 18.6. The van der Waals surface area contributed by atoms with Gasteiger partial charge in [-0.05, 0) is 76.2 Å². The average molecular weight is 440 g/mol. The van der Waals surface area contributed by atoms with Crippen molar-refractivity contribution in [2.45, 2.75) is 38.9 Å². The number of thioether (sulfide) groups is 1. The molecule has 3 rings (SSSR count). The van der Waals surface area contributed by atoms with Crippen molar-refractivity contribution >= 4 is 29.0 Å². The van der Waals surface area contributed by atoms with E-state index < -0.39 is 0 Å². The number of aromatic nitrogens is 3. The van der Waals surface area contributed by atoms with E-state index in [1.807, 2.05) is 60.0 Å². The first-order valence-electron chi connectivity index (χ1n) is 10.3. The Morgan fingerprint density at radius 3 is 2.39 bits per heavy atom. The number of rotatable bonds is 9. The summed E-state index contributed by atoms with van der Waals surface area (Å²) in [6, 6.07) is 16.0. The lowest BCUT2D eigenvalue weighted by atomic mass is 10.2. The molecule has 1 aromatic heterocycles. The van der Waals surface area contributed by atoms with Gasteiger partial charge >= 0.3 is 0 Å². The number of ether oxygens (including phenoxy) is 1. The van der Waals surface area contributed by atoms with E-state index in [-0.39, 0.29) is 11.7 Å². The summed E-state index contributed by atoms with van der Waals surface area (Å²) in [6.45, 7) is 9.30. The van der Waals surface area contributed by atoms with Crippen LogP contribution in [0.15, 0.2) is 53.7 Å². The van der Waals surface area contributed by atoms with Crippen LogP contribution in [-0.4, -0.2) is 46.1 Å². The van der Waals surface area contributed by atoms with Crippen LogP contribution in [0.3, 0.4) is 0 Å². The lowest BCUT2D eigenvalue weighted by Gasteiger charge is -2.27. The Labute approximate surface area is 187 Å². The minimum atomic E-state index is -0.0871. The van der Waals surface area contributed by atoms with Gasteiger partial charge in [-0.15, -0.1) is 10.2 Å². The summed E-state index contributed by atoms with van der Waals surface area (Å²) in [7, 11) is 1.64. The van der Waals surface area contributed by atoms with E-state index in [1.165, 1.54) is 11.8 Å². The van der Waals surface area contributed by atoms with Crippen LogP contribution in [0.25, 0.3) is 5.69 Å². The molecule has 0 unspecified atom stereocenters. The van der Waals surface area contributed by atoms with Gasteiger partial charge in [-0.3, -0.25) is 9.36 Å². The molecular formula is C23H29N5O2S. The second-order valence-electron chi connectivity index (χ2n) is 7.33. The van der Waals surface area contributed by atoms with Gasteiger partial charge in [-0.25, -0.2) is 0 Å². The van der Waals surface area contributed by atoms with Crippen molar-refractivity contribution in [3.63, 3.8) is 0 Å². The van der Waals surface area contributed by atoms with Crippen molar-refractivity contribution < 1.29 is 9.53 Å². The van der Waals surface area contributed by atoms with Crippen LogP contribution in [0, 0.1) is 6.92 Å². The molecule has 1 heterocycles. The minimum Gasteiger partial charge on any atom is -0.497 e. The first kappa shape index (κ1) is 22.7. The van der Waals surface area contributed by atoms with Crippen molar-refractivity contribution in [2.24, 2.45) is 0 Å². The Morgan fingerprint density at radius 1 is 1.13 bits per heavy atom. The van der Waals surface area contributed by atoms with Gasteiger partial charge in [-0.1, -0.05) is 11.8 Å². The zero-order chi connectivity index (χ0) is 22.4. The van der Waals surface area contributed by atoms with Crippen LogP contribution in [0.1, 0.15) is 26.6 Å². The Morgan fingerprint density at radius 2 is 1.81 bits per heavy atom. The number of anilines is 2. The Bertz CT molecular complexity index is 1000. The maximum absolute atomic E-state index is 12.5. The van der Waals surface area contributed by atoms with Crippen LogP contribution in [0.4, 0.5) is 11.4 Å². The third-order valence-electron chi connectivity index (χ3n) is 4.90. The molecule has 0 fully saturated rings. The Kier molecular flexibility index (Phi) is 7.57. The lowest BCUT2D eigenvalue weighted by Crippen LogP contribution is -2.30. The molecule has 7 nitrogen and oxygen atoms in total. The van der Waals surface area contributed by atoms with E-state index in [2.05, 4.69) is 41.2 Å². The molecule has 0 aliphatic rings. The molecule has 1 amide bonds. The number of aryl methyl sites for hydroxylation is 1. The molecule has 0 radical (unpaired) electrons. The molecule has 3 aromatic rings. The highest BCUT2D eigenvalue weighted by Crippen LogP contribution is 2.24. The molecule has 2 aromatic carbocycles. The number of nitrogens with zero attached hydrogens (tertiary/aromatic N) is 4. The molecule has 8 heteroatoms. The second-order valence-corrected chi connectivity index (χ2v) is 8.27. The number of carbonyl (C=O) groups excluding carboxylic acids is 1. The van der Waals surface area contributed by atoms with Crippen molar-refractivity contribution in [1.29, 1.82) is 0 Å². The van der Waals surface area contributed by atoms with Crippen molar-refractivity contribution in [3.8, 4) is 11.4 Å². The summed E-state index contributed by atoms with van der Waals surface area (Å²) in [5.74, 6) is 1.69. The molecule has 0 atom stereocenters. The quantitative estimate of drug-likeness (QED) is 0.493.